The van der Waals surface area contributed by atoms with E-state index < -0.39 is 0 Å². The third kappa shape index (κ3) is 5.18. The summed E-state index contributed by atoms with van der Waals surface area (Å²) in [6.07, 6.45) is 3.58. The number of nitrogens with one attached hydrogen (secondary N) is 1. The Balaban J connectivity index is 2.59. The van der Waals surface area contributed by atoms with Gasteiger partial charge >= 0.3 is 6.01 Å². The molecule has 17 heavy (non-hydrogen) atoms. The predicted molar refractivity (Wildman–Crippen MR) is 69.1 cm³/mol. The molecule has 0 unspecified atom stereocenters. The summed E-state index contributed by atoms with van der Waals surface area (Å²) >= 11 is 1.59. The van der Waals surface area contributed by atoms with Gasteiger partial charge in [-0.2, -0.15) is 15.0 Å². The summed E-state index contributed by atoms with van der Waals surface area (Å²) in [4.78, 5) is 12.3. The molecule has 3 N–H and O–H groups in total. The first-order valence-corrected chi connectivity index (χ1v) is 6.77. The van der Waals surface area contributed by atoms with E-state index in [-0.39, 0.29) is 0 Å². The second-order valence-corrected chi connectivity index (χ2v) is 4.42. The summed E-state index contributed by atoms with van der Waals surface area (Å²) in [6.45, 7) is 4.58. The molecule has 0 aliphatic heterocycles. The van der Waals surface area contributed by atoms with Crippen LogP contribution in [0.15, 0.2) is 5.16 Å². The number of nitrogens with two attached hydrogens (primary N) is 1. The Morgan fingerprint density at radius 2 is 2.06 bits per heavy atom. The largest absolute Gasteiger partial charge is 0.464 e. The lowest BCUT2D eigenvalue weighted by Gasteiger charge is -2.06. The SMILES string of the molecule is CCCCCSc1nc(NN)nc(OCC)n1. The number of aromatic nitrogens is 3. The zero-order chi connectivity index (χ0) is 12.5. The molecule has 0 fully saturated rings. The van der Waals surface area contributed by atoms with Gasteiger partial charge in [0.1, 0.15) is 0 Å². The van der Waals surface area contributed by atoms with Crippen LogP contribution in [0.25, 0.3) is 0 Å². The Bertz CT molecular complexity index is 336. The summed E-state index contributed by atoms with van der Waals surface area (Å²) in [5.74, 6) is 6.62. The first-order chi connectivity index (χ1) is 8.30. The first kappa shape index (κ1) is 14.0. The van der Waals surface area contributed by atoms with Crippen molar-refractivity contribution in [3.8, 4) is 6.01 Å². The van der Waals surface area contributed by atoms with Gasteiger partial charge in [-0.3, -0.25) is 5.43 Å². The highest BCUT2D eigenvalue weighted by Crippen LogP contribution is 2.18. The van der Waals surface area contributed by atoms with Gasteiger partial charge < -0.3 is 4.74 Å². The molecule has 0 radical (unpaired) electrons. The molecule has 1 aromatic rings. The number of anilines is 1. The second kappa shape index (κ2) is 8.08. The lowest BCUT2D eigenvalue weighted by Crippen LogP contribution is -2.12. The van der Waals surface area contributed by atoms with Crippen LogP contribution in [0.3, 0.4) is 0 Å². The average Bonchev–Trinajstić information content (AvgIpc) is 2.35. The van der Waals surface area contributed by atoms with Gasteiger partial charge in [0.25, 0.3) is 0 Å². The number of hydrogen-bond donors (Lipinski definition) is 2. The van der Waals surface area contributed by atoms with E-state index in [9.17, 15) is 0 Å². The fourth-order valence-corrected chi connectivity index (χ4v) is 2.00. The van der Waals surface area contributed by atoms with Crippen LogP contribution in [0, 0.1) is 0 Å². The topological polar surface area (TPSA) is 86.0 Å². The van der Waals surface area contributed by atoms with Gasteiger partial charge in [0.15, 0.2) is 5.16 Å². The van der Waals surface area contributed by atoms with Crippen molar-refractivity contribution < 1.29 is 4.74 Å². The highest BCUT2D eigenvalue weighted by atomic mass is 32.2. The third-order valence-electron chi connectivity index (χ3n) is 1.98. The second-order valence-electron chi connectivity index (χ2n) is 3.36. The summed E-state index contributed by atoms with van der Waals surface area (Å²) in [5.41, 5.74) is 2.41. The summed E-state index contributed by atoms with van der Waals surface area (Å²) < 4.78 is 5.25. The number of rotatable bonds is 8. The fourth-order valence-electron chi connectivity index (χ4n) is 1.18. The van der Waals surface area contributed by atoms with E-state index in [2.05, 4.69) is 27.3 Å². The van der Waals surface area contributed by atoms with Crippen molar-refractivity contribution in [3.05, 3.63) is 0 Å². The molecular formula is C10H19N5OS. The smallest absolute Gasteiger partial charge is 0.322 e. The number of nitrogen functional groups attached to an aromatic ring is 1. The van der Waals surface area contributed by atoms with E-state index >= 15 is 0 Å². The van der Waals surface area contributed by atoms with E-state index in [0.29, 0.717) is 23.7 Å². The molecule has 0 saturated heterocycles. The highest BCUT2D eigenvalue weighted by Gasteiger charge is 2.06. The summed E-state index contributed by atoms with van der Waals surface area (Å²) in [7, 11) is 0. The number of thioether (sulfide) groups is 1. The van der Waals surface area contributed by atoms with Gasteiger partial charge in [-0.1, -0.05) is 31.5 Å². The highest BCUT2D eigenvalue weighted by molar-refractivity contribution is 7.99. The maximum Gasteiger partial charge on any atom is 0.322 e. The number of unbranched alkanes of at least 4 members (excludes halogenated alkanes) is 2. The van der Waals surface area contributed by atoms with Crippen LogP contribution < -0.4 is 16.0 Å². The zero-order valence-electron chi connectivity index (χ0n) is 10.3. The fraction of sp³-hybridized carbons (Fsp3) is 0.700. The van der Waals surface area contributed by atoms with Crippen LogP contribution >= 0.6 is 11.8 Å². The number of nitrogens with zero attached hydrogens (tertiary/aromatic N) is 3. The lowest BCUT2D eigenvalue weighted by atomic mass is 10.3. The van der Waals surface area contributed by atoms with E-state index in [4.69, 9.17) is 10.6 Å². The van der Waals surface area contributed by atoms with Crippen molar-refractivity contribution in [2.75, 3.05) is 17.8 Å². The number of ether oxygens (including phenoxy) is 1. The third-order valence-corrected chi connectivity index (χ3v) is 2.91. The Labute approximate surface area is 106 Å². The maximum atomic E-state index is 5.29. The molecule has 1 heterocycles. The van der Waals surface area contributed by atoms with Gasteiger partial charge in [-0.25, -0.2) is 5.84 Å². The average molecular weight is 257 g/mol. The van der Waals surface area contributed by atoms with Crippen molar-refractivity contribution >= 4 is 17.7 Å². The quantitative estimate of drug-likeness (QED) is 0.318. The monoisotopic (exact) mass is 257 g/mol. The number of hydrazine groups is 1. The van der Waals surface area contributed by atoms with Crippen LogP contribution in [-0.2, 0) is 0 Å². The molecule has 0 spiro atoms. The molecule has 1 aromatic heterocycles. The van der Waals surface area contributed by atoms with Crippen LogP contribution in [0.4, 0.5) is 5.95 Å². The Hall–Kier alpha value is -1.08. The van der Waals surface area contributed by atoms with Gasteiger partial charge in [-0.05, 0) is 13.3 Å². The standard InChI is InChI=1S/C10H19N5OS/c1-3-5-6-7-17-10-13-8(15-11)12-9(14-10)16-4-2/h3-7,11H2,1-2H3,(H,12,13,14,15). The van der Waals surface area contributed by atoms with Crippen LogP contribution in [-0.4, -0.2) is 27.3 Å². The van der Waals surface area contributed by atoms with Gasteiger partial charge in [-0.15, -0.1) is 0 Å². The van der Waals surface area contributed by atoms with Crippen LogP contribution in [0.2, 0.25) is 0 Å². The minimum absolute atomic E-state index is 0.313. The minimum atomic E-state index is 0.313. The van der Waals surface area contributed by atoms with Crippen molar-refractivity contribution in [1.29, 1.82) is 0 Å². The Kier molecular flexibility index (Phi) is 6.64. The molecule has 0 amide bonds. The lowest BCUT2D eigenvalue weighted by molar-refractivity contribution is 0.308. The van der Waals surface area contributed by atoms with Crippen LogP contribution in [0.5, 0.6) is 6.01 Å². The van der Waals surface area contributed by atoms with Crippen molar-refractivity contribution in [3.63, 3.8) is 0 Å². The van der Waals surface area contributed by atoms with E-state index in [0.717, 1.165) is 12.2 Å². The molecular weight excluding hydrogens is 238 g/mol. The van der Waals surface area contributed by atoms with Gasteiger partial charge in [0, 0.05) is 5.75 Å². The van der Waals surface area contributed by atoms with Gasteiger partial charge in [0.05, 0.1) is 6.61 Å². The maximum absolute atomic E-state index is 5.29. The zero-order valence-corrected chi connectivity index (χ0v) is 11.1. The van der Waals surface area contributed by atoms with Crippen molar-refractivity contribution in [2.24, 2.45) is 5.84 Å². The van der Waals surface area contributed by atoms with Crippen molar-refractivity contribution in [2.45, 2.75) is 38.3 Å². The minimum Gasteiger partial charge on any atom is -0.464 e. The molecule has 0 aliphatic carbocycles. The van der Waals surface area contributed by atoms with E-state index in [1.807, 2.05) is 6.92 Å². The molecule has 6 nitrogen and oxygen atoms in total. The number of hydrogen-bond acceptors (Lipinski definition) is 7. The molecule has 7 heteroatoms. The molecule has 0 saturated carbocycles. The molecule has 1 rings (SSSR count). The normalized spacial score (nSPS) is 10.3. The molecule has 0 aromatic carbocycles. The Morgan fingerprint density at radius 1 is 1.24 bits per heavy atom. The molecule has 0 atom stereocenters. The summed E-state index contributed by atoms with van der Waals surface area (Å²) in [6, 6.07) is 0.313. The molecule has 0 aliphatic rings. The first-order valence-electron chi connectivity index (χ1n) is 5.78. The molecule has 0 bridgehead atoms. The molecule has 96 valence electrons. The van der Waals surface area contributed by atoms with Crippen LogP contribution in [0.1, 0.15) is 33.1 Å². The van der Waals surface area contributed by atoms with E-state index in [1.54, 1.807) is 11.8 Å². The van der Waals surface area contributed by atoms with Crippen molar-refractivity contribution in [1.82, 2.24) is 15.0 Å². The Morgan fingerprint density at radius 3 is 2.71 bits per heavy atom. The summed E-state index contributed by atoms with van der Waals surface area (Å²) in [5, 5.41) is 0.646. The predicted octanol–water partition coefficient (Wildman–Crippen LogP) is 1.84. The van der Waals surface area contributed by atoms with Gasteiger partial charge in [0.2, 0.25) is 5.95 Å². The van der Waals surface area contributed by atoms with E-state index in [1.165, 1.54) is 12.8 Å².